The first-order valence-electron chi connectivity index (χ1n) is 9.06. The van der Waals surface area contributed by atoms with E-state index in [-0.39, 0.29) is 11.5 Å². The Bertz CT molecular complexity index is 492. The number of aliphatic hydroxyl groups excluding tert-OH is 1. The predicted octanol–water partition coefficient (Wildman–Crippen LogP) is 5.96. The smallest absolute Gasteiger partial charge is 0.0846 e. The zero-order chi connectivity index (χ0) is 15.6. The van der Waals surface area contributed by atoms with Crippen molar-refractivity contribution in [1.82, 2.24) is 0 Å². The molecule has 2 aliphatic carbocycles. The molecule has 0 aliphatic heterocycles. The minimum Gasteiger partial charge on any atom is -0.388 e. The summed E-state index contributed by atoms with van der Waals surface area (Å²) in [6.07, 6.45) is 10.3. The van der Waals surface area contributed by atoms with Gasteiger partial charge in [0.15, 0.2) is 0 Å². The van der Waals surface area contributed by atoms with Crippen LogP contribution in [-0.4, -0.2) is 10.5 Å². The topological polar surface area (TPSA) is 20.2 Å². The lowest BCUT2D eigenvalue weighted by Crippen LogP contribution is -2.26. The molecule has 2 aliphatic rings. The van der Waals surface area contributed by atoms with Crippen molar-refractivity contribution in [3.8, 4) is 0 Å². The molecule has 0 saturated heterocycles. The molecular formula is C20H29ClO. The van der Waals surface area contributed by atoms with Gasteiger partial charge in [-0.2, -0.15) is 0 Å². The summed E-state index contributed by atoms with van der Waals surface area (Å²) in [5.41, 5.74) is 2.63. The van der Waals surface area contributed by atoms with Crippen molar-refractivity contribution in [2.45, 2.75) is 82.1 Å². The molecule has 0 bridgehead atoms. The molecule has 3 rings (SSSR count). The van der Waals surface area contributed by atoms with Crippen molar-refractivity contribution < 1.29 is 5.11 Å². The van der Waals surface area contributed by atoms with Crippen LogP contribution in [0.2, 0.25) is 0 Å². The van der Waals surface area contributed by atoms with Gasteiger partial charge in [0.1, 0.15) is 0 Å². The largest absolute Gasteiger partial charge is 0.388 e. The number of benzene rings is 1. The summed E-state index contributed by atoms with van der Waals surface area (Å²) >= 11 is 6.28. The molecule has 1 aromatic carbocycles. The third-order valence-corrected chi connectivity index (χ3v) is 6.39. The maximum absolute atomic E-state index is 11.1. The van der Waals surface area contributed by atoms with E-state index < -0.39 is 0 Å². The molecule has 2 fully saturated rings. The fourth-order valence-corrected chi connectivity index (χ4v) is 5.14. The summed E-state index contributed by atoms with van der Waals surface area (Å²) in [6.45, 7) is 2.24. The van der Waals surface area contributed by atoms with Gasteiger partial charge in [0, 0.05) is 10.8 Å². The molecule has 2 heteroatoms. The van der Waals surface area contributed by atoms with Crippen LogP contribution < -0.4 is 0 Å². The maximum atomic E-state index is 11.1. The van der Waals surface area contributed by atoms with E-state index in [0.717, 1.165) is 31.2 Å². The molecule has 1 aromatic rings. The van der Waals surface area contributed by atoms with E-state index in [9.17, 15) is 5.11 Å². The van der Waals surface area contributed by atoms with Crippen molar-refractivity contribution in [3.63, 3.8) is 0 Å². The third-order valence-electron chi connectivity index (χ3n) is 5.99. The summed E-state index contributed by atoms with van der Waals surface area (Å²) in [5.74, 6) is 0.584. The van der Waals surface area contributed by atoms with Crippen LogP contribution in [0.4, 0.5) is 0 Å². The van der Waals surface area contributed by atoms with Crippen molar-refractivity contribution in [3.05, 3.63) is 35.4 Å². The van der Waals surface area contributed by atoms with Gasteiger partial charge in [-0.1, -0.05) is 50.5 Å². The maximum Gasteiger partial charge on any atom is 0.0846 e. The Hall–Kier alpha value is -0.530. The highest BCUT2D eigenvalue weighted by molar-refractivity contribution is 6.20. The normalized spacial score (nSPS) is 28.9. The molecule has 0 amide bonds. The Morgan fingerprint density at radius 2 is 2.05 bits per heavy atom. The minimum absolute atomic E-state index is 0.123. The van der Waals surface area contributed by atoms with Gasteiger partial charge in [-0.15, -0.1) is 11.6 Å². The lowest BCUT2D eigenvalue weighted by Gasteiger charge is -2.35. The Kier molecular flexibility index (Phi) is 5.14. The van der Waals surface area contributed by atoms with Gasteiger partial charge in [-0.05, 0) is 55.6 Å². The van der Waals surface area contributed by atoms with Crippen LogP contribution in [0.3, 0.4) is 0 Å². The molecule has 2 saturated carbocycles. The molecule has 0 aromatic heterocycles. The fraction of sp³-hybridized carbons (Fsp3) is 0.700. The Morgan fingerprint density at radius 3 is 2.68 bits per heavy atom. The second-order valence-electron chi connectivity index (χ2n) is 7.50. The summed E-state index contributed by atoms with van der Waals surface area (Å²) in [5, 5.41) is 11.4. The molecule has 0 radical (unpaired) electrons. The SMILES string of the molecule is CCCC1(C(O)c2cccc(C3CCC(Cl)C3)c2)CCCC1. The second kappa shape index (κ2) is 6.93. The van der Waals surface area contributed by atoms with Crippen molar-refractivity contribution in [2.24, 2.45) is 5.41 Å². The number of rotatable bonds is 5. The van der Waals surface area contributed by atoms with Crippen LogP contribution in [0, 0.1) is 5.41 Å². The summed E-state index contributed by atoms with van der Waals surface area (Å²) in [7, 11) is 0. The number of aliphatic hydroxyl groups is 1. The monoisotopic (exact) mass is 320 g/mol. The number of hydrogen-bond acceptors (Lipinski definition) is 1. The van der Waals surface area contributed by atoms with Crippen molar-refractivity contribution >= 4 is 11.6 Å². The Labute approximate surface area is 140 Å². The molecule has 0 spiro atoms. The van der Waals surface area contributed by atoms with Gasteiger partial charge in [0.05, 0.1) is 6.10 Å². The predicted molar refractivity (Wildman–Crippen MR) is 93.4 cm³/mol. The van der Waals surface area contributed by atoms with E-state index in [1.54, 1.807) is 0 Å². The van der Waals surface area contributed by atoms with E-state index in [0.29, 0.717) is 11.3 Å². The summed E-state index contributed by atoms with van der Waals surface area (Å²) < 4.78 is 0. The first-order chi connectivity index (χ1) is 10.6. The highest BCUT2D eigenvalue weighted by atomic mass is 35.5. The summed E-state index contributed by atoms with van der Waals surface area (Å²) in [6, 6.07) is 8.73. The lowest BCUT2D eigenvalue weighted by atomic mass is 9.73. The van der Waals surface area contributed by atoms with Gasteiger partial charge in [-0.3, -0.25) is 0 Å². The van der Waals surface area contributed by atoms with Crippen LogP contribution in [0.15, 0.2) is 24.3 Å². The van der Waals surface area contributed by atoms with Gasteiger partial charge >= 0.3 is 0 Å². The second-order valence-corrected chi connectivity index (χ2v) is 8.12. The van der Waals surface area contributed by atoms with Crippen LogP contribution in [0.5, 0.6) is 0 Å². The highest BCUT2D eigenvalue weighted by Gasteiger charge is 2.40. The van der Waals surface area contributed by atoms with E-state index in [4.69, 9.17) is 11.6 Å². The zero-order valence-electron chi connectivity index (χ0n) is 13.7. The molecular weight excluding hydrogens is 292 g/mol. The highest BCUT2D eigenvalue weighted by Crippen LogP contribution is 2.51. The van der Waals surface area contributed by atoms with Crippen LogP contribution in [0.25, 0.3) is 0 Å². The molecule has 3 atom stereocenters. The minimum atomic E-state index is -0.303. The van der Waals surface area contributed by atoms with E-state index in [1.165, 1.54) is 37.7 Å². The number of alkyl halides is 1. The Balaban J connectivity index is 1.81. The third kappa shape index (κ3) is 3.21. The fourth-order valence-electron chi connectivity index (χ4n) is 4.80. The van der Waals surface area contributed by atoms with Gasteiger partial charge in [0.25, 0.3) is 0 Å². The average molecular weight is 321 g/mol. The van der Waals surface area contributed by atoms with Gasteiger partial charge in [-0.25, -0.2) is 0 Å². The van der Waals surface area contributed by atoms with Gasteiger partial charge in [0.2, 0.25) is 0 Å². The molecule has 0 heterocycles. The van der Waals surface area contributed by atoms with E-state index in [2.05, 4.69) is 31.2 Å². The quantitative estimate of drug-likeness (QED) is 0.664. The van der Waals surface area contributed by atoms with Crippen LogP contribution in [0.1, 0.15) is 87.9 Å². The van der Waals surface area contributed by atoms with Crippen LogP contribution in [-0.2, 0) is 0 Å². The zero-order valence-corrected chi connectivity index (χ0v) is 14.5. The standard InChI is InChI=1S/C20H29ClO/c1-2-10-20(11-3-4-12-20)19(22)17-7-5-6-15(13-17)16-8-9-18(21)14-16/h5-7,13,16,18-19,22H,2-4,8-12,14H2,1H3. The number of halogens is 1. The van der Waals surface area contributed by atoms with Gasteiger partial charge < -0.3 is 5.11 Å². The Morgan fingerprint density at radius 1 is 1.27 bits per heavy atom. The molecule has 1 nitrogen and oxygen atoms in total. The molecule has 1 N–H and O–H groups in total. The van der Waals surface area contributed by atoms with Crippen LogP contribution >= 0.6 is 11.6 Å². The molecule has 22 heavy (non-hydrogen) atoms. The first kappa shape index (κ1) is 16.3. The molecule has 3 unspecified atom stereocenters. The average Bonchev–Trinajstić information content (AvgIpc) is 3.17. The van der Waals surface area contributed by atoms with Crippen molar-refractivity contribution in [1.29, 1.82) is 0 Å². The van der Waals surface area contributed by atoms with E-state index in [1.807, 2.05) is 0 Å². The summed E-state index contributed by atoms with van der Waals surface area (Å²) in [4.78, 5) is 0. The number of hydrogen-bond donors (Lipinski definition) is 1. The van der Waals surface area contributed by atoms with Crippen molar-refractivity contribution in [2.75, 3.05) is 0 Å². The van der Waals surface area contributed by atoms with E-state index >= 15 is 0 Å². The first-order valence-corrected chi connectivity index (χ1v) is 9.50. The molecule has 122 valence electrons. The lowest BCUT2D eigenvalue weighted by molar-refractivity contribution is 0.0195.